The van der Waals surface area contributed by atoms with Gasteiger partial charge in [0.05, 0.1) is 6.54 Å². The van der Waals surface area contributed by atoms with Gasteiger partial charge in [0.15, 0.2) is 0 Å². The standard InChI is InChI=1S/C10H13ClN6O/c1-3-12-8(18)5-16(2)9-4-7(11)15-10-13-6-14-17(9)10/h4,6H,3,5H2,1-2H3,(H,12,18). The van der Waals surface area contributed by atoms with Crippen molar-refractivity contribution in [2.75, 3.05) is 25.0 Å². The largest absolute Gasteiger partial charge is 0.355 e. The number of aromatic nitrogens is 4. The van der Waals surface area contributed by atoms with Crippen LogP contribution in [0.5, 0.6) is 0 Å². The molecule has 1 N–H and O–H groups in total. The fraction of sp³-hybridized carbons (Fsp3) is 0.400. The molecule has 1 amide bonds. The molecular weight excluding hydrogens is 256 g/mol. The quantitative estimate of drug-likeness (QED) is 0.810. The van der Waals surface area contributed by atoms with Crippen LogP contribution in [0.25, 0.3) is 5.78 Å². The average Bonchev–Trinajstić information content (AvgIpc) is 2.75. The second-order valence-electron chi connectivity index (χ2n) is 3.72. The predicted octanol–water partition coefficient (Wildman–Crippen LogP) is 0.350. The molecule has 0 aliphatic carbocycles. The van der Waals surface area contributed by atoms with Gasteiger partial charge in [0.25, 0.3) is 5.78 Å². The van der Waals surface area contributed by atoms with E-state index in [4.69, 9.17) is 11.6 Å². The summed E-state index contributed by atoms with van der Waals surface area (Å²) in [6, 6.07) is 1.64. The first kappa shape index (κ1) is 12.6. The molecule has 8 heteroatoms. The van der Waals surface area contributed by atoms with Gasteiger partial charge in [-0.1, -0.05) is 11.6 Å². The fourth-order valence-electron chi connectivity index (χ4n) is 1.59. The smallest absolute Gasteiger partial charge is 0.255 e. The molecule has 2 aromatic rings. The van der Waals surface area contributed by atoms with Crippen LogP contribution >= 0.6 is 11.6 Å². The lowest BCUT2D eigenvalue weighted by Crippen LogP contribution is -2.35. The van der Waals surface area contributed by atoms with Crippen molar-refractivity contribution in [3.63, 3.8) is 0 Å². The Morgan fingerprint density at radius 3 is 3.11 bits per heavy atom. The van der Waals surface area contributed by atoms with Crippen molar-refractivity contribution in [2.24, 2.45) is 0 Å². The van der Waals surface area contributed by atoms with Gasteiger partial charge in [0.2, 0.25) is 5.91 Å². The van der Waals surface area contributed by atoms with E-state index in [0.717, 1.165) is 0 Å². The third-order valence-corrected chi connectivity index (χ3v) is 2.54. The van der Waals surface area contributed by atoms with E-state index in [-0.39, 0.29) is 12.5 Å². The van der Waals surface area contributed by atoms with E-state index in [1.165, 1.54) is 10.8 Å². The highest BCUT2D eigenvalue weighted by Gasteiger charge is 2.13. The summed E-state index contributed by atoms with van der Waals surface area (Å²) in [5.74, 6) is 0.996. The Kier molecular flexibility index (Phi) is 3.61. The van der Waals surface area contributed by atoms with Crippen molar-refractivity contribution in [3.05, 3.63) is 17.5 Å². The highest BCUT2D eigenvalue weighted by Crippen LogP contribution is 2.17. The van der Waals surface area contributed by atoms with E-state index in [2.05, 4.69) is 20.4 Å². The molecule has 0 radical (unpaired) electrons. The molecule has 2 rings (SSSR count). The molecule has 2 heterocycles. The maximum atomic E-state index is 11.5. The van der Waals surface area contributed by atoms with Gasteiger partial charge in [0.1, 0.15) is 17.3 Å². The summed E-state index contributed by atoms with van der Waals surface area (Å²) in [4.78, 5) is 21.3. The van der Waals surface area contributed by atoms with Gasteiger partial charge in [-0.2, -0.15) is 19.6 Å². The average molecular weight is 269 g/mol. The second-order valence-corrected chi connectivity index (χ2v) is 4.11. The second kappa shape index (κ2) is 5.18. The van der Waals surface area contributed by atoms with Gasteiger partial charge in [0, 0.05) is 19.7 Å². The molecule has 0 saturated heterocycles. The van der Waals surface area contributed by atoms with Gasteiger partial charge in [-0.3, -0.25) is 4.79 Å². The van der Waals surface area contributed by atoms with Crippen LogP contribution in [0.1, 0.15) is 6.92 Å². The summed E-state index contributed by atoms with van der Waals surface area (Å²) in [6.07, 6.45) is 1.39. The number of rotatable bonds is 4. The molecule has 7 nitrogen and oxygen atoms in total. The normalized spacial score (nSPS) is 10.6. The van der Waals surface area contributed by atoms with Gasteiger partial charge in [-0.05, 0) is 6.92 Å². The molecule has 0 spiro atoms. The molecule has 2 aromatic heterocycles. The maximum Gasteiger partial charge on any atom is 0.255 e. The first-order valence-electron chi connectivity index (χ1n) is 5.46. The summed E-state index contributed by atoms with van der Waals surface area (Å²) in [6.45, 7) is 2.68. The van der Waals surface area contributed by atoms with Gasteiger partial charge in [-0.15, -0.1) is 0 Å². The van der Waals surface area contributed by atoms with Gasteiger partial charge >= 0.3 is 0 Å². The predicted molar refractivity (Wildman–Crippen MR) is 67.7 cm³/mol. The number of fused-ring (bicyclic) bond motifs is 1. The van der Waals surface area contributed by atoms with E-state index < -0.39 is 0 Å². The van der Waals surface area contributed by atoms with Crippen LogP contribution in [-0.2, 0) is 4.79 Å². The van der Waals surface area contributed by atoms with Crippen LogP contribution in [0.3, 0.4) is 0 Å². The van der Waals surface area contributed by atoms with Crippen LogP contribution in [0.2, 0.25) is 5.15 Å². The van der Waals surface area contributed by atoms with Crippen molar-refractivity contribution in [3.8, 4) is 0 Å². The maximum absolute atomic E-state index is 11.5. The number of nitrogens with one attached hydrogen (secondary N) is 1. The molecule has 0 saturated carbocycles. The lowest BCUT2D eigenvalue weighted by molar-refractivity contribution is -0.119. The Morgan fingerprint density at radius 2 is 2.39 bits per heavy atom. The molecule has 0 unspecified atom stereocenters. The third kappa shape index (κ3) is 2.51. The number of amides is 1. The minimum atomic E-state index is -0.0683. The molecule has 0 aliphatic rings. The summed E-state index contributed by atoms with van der Waals surface area (Å²) in [7, 11) is 1.78. The Labute approximate surface area is 109 Å². The van der Waals surface area contributed by atoms with Crippen molar-refractivity contribution < 1.29 is 4.79 Å². The third-order valence-electron chi connectivity index (χ3n) is 2.35. The van der Waals surface area contributed by atoms with Crippen LogP contribution < -0.4 is 10.2 Å². The molecule has 0 aliphatic heterocycles. The number of carbonyl (C=O) groups is 1. The van der Waals surface area contributed by atoms with Crippen LogP contribution in [-0.4, -0.2) is 45.6 Å². The topological polar surface area (TPSA) is 75.4 Å². The molecule has 18 heavy (non-hydrogen) atoms. The fourth-order valence-corrected chi connectivity index (χ4v) is 1.76. The summed E-state index contributed by atoms with van der Waals surface area (Å²) < 4.78 is 1.53. The zero-order valence-corrected chi connectivity index (χ0v) is 10.8. The molecule has 0 atom stereocenters. The molecular formula is C10H13ClN6O. The van der Waals surface area contributed by atoms with Crippen molar-refractivity contribution in [1.29, 1.82) is 0 Å². The number of hydrogen-bond acceptors (Lipinski definition) is 5. The minimum Gasteiger partial charge on any atom is -0.355 e. The van der Waals surface area contributed by atoms with E-state index in [9.17, 15) is 4.79 Å². The van der Waals surface area contributed by atoms with Crippen LogP contribution in [0, 0.1) is 0 Å². The highest BCUT2D eigenvalue weighted by molar-refractivity contribution is 6.29. The van der Waals surface area contributed by atoms with E-state index in [0.29, 0.717) is 23.3 Å². The first-order chi connectivity index (χ1) is 8.61. The summed E-state index contributed by atoms with van der Waals surface area (Å²) >= 11 is 5.90. The van der Waals surface area contributed by atoms with Gasteiger partial charge in [-0.25, -0.2) is 0 Å². The molecule has 0 fully saturated rings. The minimum absolute atomic E-state index is 0.0683. The lowest BCUT2D eigenvalue weighted by atomic mass is 10.4. The van der Waals surface area contributed by atoms with Crippen LogP contribution in [0.4, 0.5) is 5.82 Å². The Hall–Kier alpha value is -1.89. The Morgan fingerprint density at radius 1 is 1.61 bits per heavy atom. The lowest BCUT2D eigenvalue weighted by Gasteiger charge is -2.18. The van der Waals surface area contributed by atoms with E-state index >= 15 is 0 Å². The number of nitrogens with zero attached hydrogens (tertiary/aromatic N) is 5. The van der Waals surface area contributed by atoms with E-state index in [1.54, 1.807) is 18.0 Å². The number of carbonyl (C=O) groups excluding carboxylic acids is 1. The number of likely N-dealkylation sites (N-methyl/N-ethyl adjacent to an activating group) is 2. The van der Waals surface area contributed by atoms with E-state index in [1.807, 2.05) is 6.92 Å². The molecule has 0 bridgehead atoms. The molecule has 0 aromatic carbocycles. The SMILES string of the molecule is CCNC(=O)CN(C)c1cc(Cl)nc2ncnn12. The Bertz CT molecular complexity index is 568. The van der Waals surface area contributed by atoms with Crippen molar-refractivity contribution >= 4 is 29.1 Å². The monoisotopic (exact) mass is 268 g/mol. The zero-order chi connectivity index (χ0) is 13.1. The number of halogens is 1. The summed E-state index contributed by atoms with van der Waals surface area (Å²) in [5.41, 5.74) is 0. The number of hydrogen-bond donors (Lipinski definition) is 1. The highest BCUT2D eigenvalue weighted by atomic mass is 35.5. The number of anilines is 1. The molecule has 96 valence electrons. The van der Waals surface area contributed by atoms with Crippen molar-refractivity contribution in [2.45, 2.75) is 6.92 Å². The zero-order valence-electron chi connectivity index (χ0n) is 10.1. The van der Waals surface area contributed by atoms with Gasteiger partial charge < -0.3 is 10.2 Å². The summed E-state index contributed by atoms with van der Waals surface area (Å²) in [5, 5.41) is 7.09. The first-order valence-corrected chi connectivity index (χ1v) is 5.83. The Balaban J connectivity index is 2.29. The van der Waals surface area contributed by atoms with Crippen LogP contribution in [0.15, 0.2) is 12.4 Å². The van der Waals surface area contributed by atoms with Crippen molar-refractivity contribution in [1.82, 2.24) is 24.9 Å².